The number of nitrogens with zero attached hydrogens (tertiary/aromatic N) is 1. The average Bonchev–Trinajstić information content (AvgIpc) is 3.34. The molecule has 1 heterocycles. The summed E-state index contributed by atoms with van der Waals surface area (Å²) in [4.78, 5) is 3.00. The molecule has 38 heavy (non-hydrogen) atoms. The number of thiophene rings is 1. The molecule has 3 aromatic carbocycles. The number of aryl methyl sites for hydroxylation is 1. The summed E-state index contributed by atoms with van der Waals surface area (Å²) in [6, 6.07) is 15.7. The molecule has 0 fully saturated rings. The van der Waals surface area contributed by atoms with Crippen LogP contribution in [0.25, 0.3) is 10.1 Å². The van der Waals surface area contributed by atoms with Crippen molar-refractivity contribution in [3.63, 3.8) is 0 Å². The smallest absolute Gasteiger partial charge is 0.276 e. The van der Waals surface area contributed by atoms with Gasteiger partial charge in [-0.25, -0.2) is 13.2 Å². The molecule has 0 aliphatic heterocycles. The van der Waals surface area contributed by atoms with Gasteiger partial charge in [0.2, 0.25) is 29.1 Å². The number of nitrogens with one attached hydrogen (secondary N) is 1. The van der Waals surface area contributed by atoms with Gasteiger partial charge in [-0.1, -0.05) is 35.9 Å². The molecule has 0 unspecified atom stereocenters. The first kappa shape index (κ1) is 27.5. The molecule has 1 N–H and O–H groups in total. The third-order valence-corrected chi connectivity index (χ3v) is 7.96. The normalized spacial score (nSPS) is 12.2. The summed E-state index contributed by atoms with van der Waals surface area (Å²) in [5.74, 6) is -11.9. The summed E-state index contributed by atoms with van der Waals surface area (Å²) in [6.45, 7) is 1.49. The number of hydrogen-bond donors (Lipinski definition) is 1. The fourth-order valence-electron chi connectivity index (χ4n) is 3.52. The maximum Gasteiger partial charge on any atom is 0.276 e. The van der Waals surface area contributed by atoms with Crippen molar-refractivity contribution in [2.75, 3.05) is 6.61 Å². The second kappa shape index (κ2) is 11.5. The van der Waals surface area contributed by atoms with E-state index in [0.29, 0.717) is 17.0 Å². The van der Waals surface area contributed by atoms with E-state index in [-0.39, 0.29) is 24.3 Å². The lowest BCUT2D eigenvalue weighted by atomic mass is 10.1. The Bertz CT molecular complexity index is 1540. The Balaban J connectivity index is 1.48. The highest BCUT2D eigenvalue weighted by Gasteiger charge is 2.27. The molecule has 4 aromatic rings. The van der Waals surface area contributed by atoms with Crippen molar-refractivity contribution < 1.29 is 35.1 Å². The van der Waals surface area contributed by atoms with E-state index in [1.807, 2.05) is 37.3 Å². The van der Waals surface area contributed by atoms with Gasteiger partial charge in [0.25, 0.3) is 10.0 Å². The maximum atomic E-state index is 13.8. The maximum absolute atomic E-state index is 13.8. The van der Waals surface area contributed by atoms with Crippen molar-refractivity contribution in [1.29, 1.82) is 0 Å². The molecule has 1 aromatic heterocycles. The van der Waals surface area contributed by atoms with Gasteiger partial charge in [-0.2, -0.15) is 27.1 Å². The van der Waals surface area contributed by atoms with E-state index in [1.165, 1.54) is 23.5 Å². The van der Waals surface area contributed by atoms with Crippen molar-refractivity contribution >= 4 is 37.2 Å². The zero-order valence-corrected chi connectivity index (χ0v) is 21.5. The number of hydrazone groups is 1. The Morgan fingerprint density at radius 2 is 1.53 bits per heavy atom. The molecule has 0 aliphatic rings. The first-order valence-electron chi connectivity index (χ1n) is 11.4. The minimum Gasteiger partial charge on any atom is -0.487 e. The molecule has 0 aliphatic carbocycles. The summed E-state index contributed by atoms with van der Waals surface area (Å²) < 4.78 is 98.9. The number of hydrogen-bond acceptors (Lipinski definition) is 5. The van der Waals surface area contributed by atoms with E-state index in [1.54, 1.807) is 12.1 Å². The van der Waals surface area contributed by atoms with Gasteiger partial charge in [0.05, 0.1) is 22.1 Å². The first-order chi connectivity index (χ1) is 18.1. The van der Waals surface area contributed by atoms with Crippen LogP contribution in [0.3, 0.4) is 0 Å². The summed E-state index contributed by atoms with van der Waals surface area (Å²) in [6.07, 6.45) is 0.715. The van der Waals surface area contributed by atoms with Crippen LogP contribution in [0.1, 0.15) is 29.7 Å². The van der Waals surface area contributed by atoms with Crippen LogP contribution in [-0.4, -0.2) is 20.7 Å². The second-order valence-corrected chi connectivity index (χ2v) is 11.1. The number of sulfonamides is 1. The molecule has 0 bridgehead atoms. The van der Waals surface area contributed by atoms with Crippen LogP contribution < -0.4 is 9.57 Å². The van der Waals surface area contributed by atoms with Crippen LogP contribution in [-0.2, 0) is 10.0 Å². The molecule has 12 heteroatoms. The Morgan fingerprint density at radius 1 is 0.895 bits per heavy atom. The number of fused-ring (bicyclic) bond motifs is 1. The lowest BCUT2D eigenvalue weighted by Gasteiger charge is -2.11. The molecule has 0 radical (unpaired) electrons. The topological polar surface area (TPSA) is 67.8 Å². The molecular weight excluding hydrogens is 547 g/mol. The lowest BCUT2D eigenvalue weighted by Crippen LogP contribution is -2.20. The molecule has 4 rings (SSSR count). The molecular formula is C26H21F5N2O3S2. The van der Waals surface area contributed by atoms with Gasteiger partial charge < -0.3 is 4.74 Å². The highest BCUT2D eigenvalue weighted by Crippen LogP contribution is 2.30. The van der Waals surface area contributed by atoms with Crippen LogP contribution >= 0.6 is 11.3 Å². The monoisotopic (exact) mass is 568 g/mol. The minimum absolute atomic E-state index is 0.0405. The fourth-order valence-corrected chi connectivity index (χ4v) is 5.43. The second-order valence-electron chi connectivity index (χ2n) is 8.32. The van der Waals surface area contributed by atoms with Crippen LogP contribution in [0.15, 0.2) is 64.6 Å². The highest BCUT2D eigenvalue weighted by molar-refractivity contribution is 7.89. The molecule has 200 valence electrons. The van der Waals surface area contributed by atoms with Crippen molar-refractivity contribution in [2.45, 2.75) is 31.1 Å². The molecule has 0 saturated carbocycles. The van der Waals surface area contributed by atoms with E-state index in [2.05, 4.69) is 9.93 Å². The van der Waals surface area contributed by atoms with E-state index in [9.17, 15) is 30.4 Å². The molecule has 5 nitrogen and oxygen atoms in total. The Hall–Kier alpha value is -3.51. The standard InChI is InChI=1S/C26H21F5N2O3S2/c1-15-9-11-17(12-10-15)38(34,35)33-32-18(20-14-16-6-2-3-8-19(16)37-20)7-4-5-13-36-26-24(30)22(28)21(27)23(29)25(26)31/h2-3,6,8-12,14,33H,4-5,7,13H2,1H3/b32-18-. The zero-order valence-electron chi connectivity index (χ0n) is 19.9. The molecule has 0 saturated heterocycles. The quantitative estimate of drug-likeness (QED) is 0.0569. The Kier molecular flexibility index (Phi) is 8.32. The lowest BCUT2D eigenvalue weighted by molar-refractivity contribution is 0.257. The summed E-state index contributed by atoms with van der Waals surface area (Å²) >= 11 is 1.41. The van der Waals surface area contributed by atoms with Gasteiger partial charge >= 0.3 is 0 Å². The van der Waals surface area contributed by atoms with Crippen LogP contribution in [0, 0.1) is 36.0 Å². The van der Waals surface area contributed by atoms with E-state index in [4.69, 9.17) is 4.74 Å². The van der Waals surface area contributed by atoms with Crippen molar-refractivity contribution in [3.05, 3.63) is 94.1 Å². The number of unbranched alkanes of at least 4 members (excludes halogenated alkanes) is 1. The Morgan fingerprint density at radius 3 is 2.18 bits per heavy atom. The number of rotatable bonds is 10. The predicted octanol–water partition coefficient (Wildman–Crippen LogP) is 6.84. The van der Waals surface area contributed by atoms with Crippen molar-refractivity contribution in [2.24, 2.45) is 5.10 Å². The van der Waals surface area contributed by atoms with Crippen LogP contribution in [0.4, 0.5) is 22.0 Å². The van der Waals surface area contributed by atoms with Crippen molar-refractivity contribution in [3.8, 4) is 5.75 Å². The van der Waals surface area contributed by atoms with Crippen LogP contribution in [0.5, 0.6) is 5.75 Å². The van der Waals surface area contributed by atoms with Gasteiger partial charge in [0.15, 0.2) is 5.75 Å². The number of ether oxygens (including phenoxy) is 1. The van der Waals surface area contributed by atoms with Gasteiger partial charge in [-0.05, 0) is 55.8 Å². The first-order valence-corrected chi connectivity index (χ1v) is 13.7. The average molecular weight is 569 g/mol. The largest absolute Gasteiger partial charge is 0.487 e. The van der Waals surface area contributed by atoms with E-state index in [0.717, 1.165) is 15.6 Å². The molecule has 0 amide bonds. The molecule has 0 atom stereocenters. The molecule has 0 spiro atoms. The Labute approximate surface area is 219 Å². The summed E-state index contributed by atoms with van der Waals surface area (Å²) in [5, 5.41) is 5.11. The number of benzene rings is 3. The van der Waals surface area contributed by atoms with Crippen molar-refractivity contribution in [1.82, 2.24) is 4.83 Å². The third kappa shape index (κ3) is 5.97. The van der Waals surface area contributed by atoms with Gasteiger partial charge in [0, 0.05) is 4.70 Å². The predicted molar refractivity (Wildman–Crippen MR) is 135 cm³/mol. The fraction of sp³-hybridized carbons (Fsp3) is 0.192. The van der Waals surface area contributed by atoms with E-state index >= 15 is 0 Å². The summed E-state index contributed by atoms with van der Waals surface area (Å²) in [5.41, 5.74) is 1.31. The highest BCUT2D eigenvalue weighted by atomic mass is 32.2. The van der Waals surface area contributed by atoms with Gasteiger partial charge in [-0.15, -0.1) is 11.3 Å². The van der Waals surface area contributed by atoms with Crippen LogP contribution in [0.2, 0.25) is 0 Å². The third-order valence-electron chi connectivity index (χ3n) is 5.57. The van der Waals surface area contributed by atoms with E-state index < -0.39 is 44.9 Å². The number of halogens is 5. The van der Waals surface area contributed by atoms with Gasteiger partial charge in [-0.3, -0.25) is 0 Å². The minimum atomic E-state index is -3.95. The summed E-state index contributed by atoms with van der Waals surface area (Å²) in [7, 11) is -3.95. The van der Waals surface area contributed by atoms with Gasteiger partial charge in [0.1, 0.15) is 0 Å². The SMILES string of the molecule is Cc1ccc(S(=O)(=O)N/N=C(/CCCCOc2c(F)c(F)c(F)c(F)c2F)c2cc3ccccc3s2)cc1. The zero-order chi connectivity index (χ0) is 27.4.